The van der Waals surface area contributed by atoms with E-state index < -0.39 is 0 Å². The fourth-order valence-electron chi connectivity index (χ4n) is 11.7. The smallest absolute Gasteiger partial charge is 0.204 e. The maximum absolute atomic E-state index is 7.12. The molecule has 0 atom stereocenters. The summed E-state index contributed by atoms with van der Waals surface area (Å²) in [5, 5.41) is 7.37. The molecular formula is C60H57BN2O2. The highest BCUT2D eigenvalue weighted by atomic mass is 16.4. The topological polar surface area (TPSA) is 41.6 Å². The first-order valence-corrected chi connectivity index (χ1v) is 23.6. The van der Waals surface area contributed by atoms with Crippen molar-refractivity contribution in [3.8, 4) is 22.3 Å². The van der Waals surface area contributed by atoms with Crippen molar-refractivity contribution >= 4 is 79.7 Å². The Hall–Kier alpha value is -6.46. The van der Waals surface area contributed by atoms with Gasteiger partial charge in [0.2, 0.25) is 7.28 Å². The van der Waals surface area contributed by atoms with Crippen LogP contribution in [-0.4, -0.2) is 7.28 Å². The van der Waals surface area contributed by atoms with Crippen LogP contribution in [0, 0.1) is 6.92 Å². The van der Waals surface area contributed by atoms with E-state index in [0.29, 0.717) is 7.28 Å². The number of rotatable bonds is 4. The summed E-state index contributed by atoms with van der Waals surface area (Å²) in [5.41, 5.74) is 22.4. The number of para-hydroxylation sites is 2. The van der Waals surface area contributed by atoms with Gasteiger partial charge in [0.25, 0.3) is 0 Å². The quantitative estimate of drug-likeness (QED) is 0.179. The minimum absolute atomic E-state index is 0.0132. The molecule has 1 N–H and O–H groups in total. The van der Waals surface area contributed by atoms with Gasteiger partial charge in [-0.3, -0.25) is 4.90 Å². The maximum atomic E-state index is 7.12. The summed E-state index contributed by atoms with van der Waals surface area (Å²) < 4.78 is 14.2. The number of anilines is 5. The Morgan fingerprint density at radius 2 is 1.22 bits per heavy atom. The van der Waals surface area contributed by atoms with Gasteiger partial charge >= 0.3 is 0 Å². The molecule has 0 spiro atoms. The summed E-state index contributed by atoms with van der Waals surface area (Å²) in [6.45, 7) is 23.5. The van der Waals surface area contributed by atoms with Crippen LogP contribution in [0.5, 0.6) is 0 Å². The first-order valence-electron chi connectivity index (χ1n) is 23.6. The second-order valence-electron chi connectivity index (χ2n) is 22.1. The third-order valence-corrected chi connectivity index (χ3v) is 15.7. The Morgan fingerprint density at radius 3 is 1.94 bits per heavy atom. The van der Waals surface area contributed by atoms with Crippen LogP contribution in [0.4, 0.5) is 28.6 Å². The lowest BCUT2D eigenvalue weighted by molar-refractivity contribution is 0.332. The number of benzene rings is 7. The molecule has 0 bridgehead atoms. The number of hydrogen-bond donors (Lipinski definition) is 1. The molecule has 4 nitrogen and oxygen atoms in total. The molecule has 2 aliphatic carbocycles. The van der Waals surface area contributed by atoms with Crippen molar-refractivity contribution in [3.05, 3.63) is 161 Å². The van der Waals surface area contributed by atoms with Gasteiger partial charge in [-0.25, -0.2) is 0 Å². The van der Waals surface area contributed by atoms with Gasteiger partial charge in [0, 0.05) is 38.5 Å². The van der Waals surface area contributed by atoms with E-state index in [-0.39, 0.29) is 21.7 Å². The minimum atomic E-state index is -0.172. The van der Waals surface area contributed by atoms with Crippen LogP contribution < -0.4 is 21.1 Å². The van der Waals surface area contributed by atoms with Crippen molar-refractivity contribution < 1.29 is 8.83 Å². The first-order chi connectivity index (χ1) is 31.0. The summed E-state index contributed by atoms with van der Waals surface area (Å²) in [5.74, 6) is 0.871. The monoisotopic (exact) mass is 848 g/mol. The SMILES string of the molecule is Cc1cc2c(cc1N1c3oc4ccccc4c3Bc3c(-c4cc5c(cc4Nc4ccc(C(C)(C)C)cc4)C(C)(C)c4ccccc4-5)cc4c(oc5ccccc54)c31)C(C)(C)CCC2(C)C. The third-order valence-electron chi connectivity index (χ3n) is 15.7. The van der Waals surface area contributed by atoms with E-state index in [1.54, 1.807) is 0 Å². The molecule has 0 radical (unpaired) electrons. The molecule has 65 heavy (non-hydrogen) atoms. The Balaban J connectivity index is 1.19. The molecular weight excluding hydrogens is 791 g/mol. The fraction of sp³-hybridized carbons (Fsp3) is 0.267. The van der Waals surface area contributed by atoms with Gasteiger partial charge in [-0.05, 0) is 146 Å². The normalized spacial score (nSPS) is 16.5. The second kappa shape index (κ2) is 13.5. The number of fused-ring (bicyclic) bond motifs is 12. The molecule has 12 rings (SSSR count). The lowest BCUT2D eigenvalue weighted by atomic mass is 9.58. The molecule has 7 aromatic carbocycles. The molecule has 0 saturated carbocycles. The molecule has 5 heteroatoms. The van der Waals surface area contributed by atoms with Crippen LogP contribution in [0.3, 0.4) is 0 Å². The van der Waals surface area contributed by atoms with Crippen molar-refractivity contribution in [2.45, 2.75) is 104 Å². The van der Waals surface area contributed by atoms with E-state index in [1.807, 2.05) is 0 Å². The average molecular weight is 849 g/mol. The summed E-state index contributed by atoms with van der Waals surface area (Å²) in [4.78, 5) is 2.44. The zero-order valence-electron chi connectivity index (χ0n) is 39.5. The lowest BCUT2D eigenvalue weighted by Crippen LogP contribution is -2.41. The summed E-state index contributed by atoms with van der Waals surface area (Å²) in [6, 6.07) is 47.5. The molecule has 2 aromatic heterocycles. The Morgan fingerprint density at radius 1 is 0.569 bits per heavy atom. The van der Waals surface area contributed by atoms with E-state index in [9.17, 15) is 0 Å². The molecule has 9 aromatic rings. The van der Waals surface area contributed by atoms with Crippen molar-refractivity contribution in [2.75, 3.05) is 10.2 Å². The highest BCUT2D eigenvalue weighted by Crippen LogP contribution is 2.55. The number of nitrogens with one attached hydrogen (secondary N) is 1. The highest BCUT2D eigenvalue weighted by Gasteiger charge is 2.42. The molecule has 0 fully saturated rings. The molecule has 0 amide bonds. The van der Waals surface area contributed by atoms with Gasteiger partial charge in [0.1, 0.15) is 11.2 Å². The number of furan rings is 2. The summed E-state index contributed by atoms with van der Waals surface area (Å²) >= 11 is 0. The van der Waals surface area contributed by atoms with Crippen LogP contribution in [0.2, 0.25) is 0 Å². The van der Waals surface area contributed by atoms with Gasteiger partial charge in [-0.15, -0.1) is 0 Å². The zero-order chi connectivity index (χ0) is 44.9. The molecule has 322 valence electrons. The van der Waals surface area contributed by atoms with Crippen LogP contribution in [-0.2, 0) is 21.7 Å². The third kappa shape index (κ3) is 5.89. The van der Waals surface area contributed by atoms with E-state index in [2.05, 4.69) is 207 Å². The Labute approximate surface area is 383 Å². The molecule has 0 unspecified atom stereocenters. The van der Waals surface area contributed by atoms with Crippen molar-refractivity contribution in [1.82, 2.24) is 0 Å². The Kier molecular flexibility index (Phi) is 8.35. The predicted molar refractivity (Wildman–Crippen MR) is 276 cm³/mol. The van der Waals surface area contributed by atoms with E-state index in [1.165, 1.54) is 66.6 Å². The number of nitrogens with zero attached hydrogens (tertiary/aromatic N) is 1. The van der Waals surface area contributed by atoms with Crippen molar-refractivity contribution in [3.63, 3.8) is 0 Å². The first kappa shape index (κ1) is 40.1. The van der Waals surface area contributed by atoms with E-state index in [0.717, 1.165) is 74.4 Å². The second-order valence-corrected chi connectivity index (χ2v) is 22.1. The molecule has 0 saturated heterocycles. The summed E-state index contributed by atoms with van der Waals surface area (Å²) in [7, 11) is 0.682. The minimum Gasteiger partial charge on any atom is -0.454 e. The van der Waals surface area contributed by atoms with Crippen molar-refractivity contribution in [1.29, 1.82) is 0 Å². The van der Waals surface area contributed by atoms with Gasteiger partial charge in [-0.2, -0.15) is 0 Å². The van der Waals surface area contributed by atoms with E-state index in [4.69, 9.17) is 8.83 Å². The molecule has 3 heterocycles. The zero-order valence-corrected chi connectivity index (χ0v) is 39.5. The summed E-state index contributed by atoms with van der Waals surface area (Å²) in [6.07, 6.45) is 2.29. The maximum Gasteiger partial charge on any atom is 0.204 e. The lowest BCUT2D eigenvalue weighted by Gasteiger charge is -2.43. The van der Waals surface area contributed by atoms with Crippen molar-refractivity contribution in [2.24, 2.45) is 0 Å². The molecule has 1 aliphatic heterocycles. The number of hydrogen-bond acceptors (Lipinski definition) is 4. The highest BCUT2D eigenvalue weighted by molar-refractivity contribution is 6.76. The largest absolute Gasteiger partial charge is 0.454 e. The van der Waals surface area contributed by atoms with Crippen LogP contribution in [0.15, 0.2) is 136 Å². The van der Waals surface area contributed by atoms with E-state index >= 15 is 0 Å². The van der Waals surface area contributed by atoms with Crippen LogP contribution >= 0.6 is 0 Å². The Bertz CT molecular complexity index is 3460. The number of aryl methyl sites for hydroxylation is 1. The van der Waals surface area contributed by atoms with Crippen LogP contribution in [0.1, 0.15) is 109 Å². The standard InChI is InChI=1S/C60H57BN2O2/c1-34-29-46-47(59(7,8)28-27-58(46,5)6)33-49(34)63-54-52(61-53-39-19-13-16-22-51(39)65-56(53)63)42(31-43-38-18-12-15-21-50(38)64-55(43)54)41-30-40-37-17-11-14-20-44(37)60(9,10)45(40)32-48(41)62-36-25-23-35(24-26-36)57(2,3)4/h11-26,29-33,61-62H,27-28H2,1-10H3. The average Bonchev–Trinajstić information content (AvgIpc) is 3.91. The fourth-order valence-corrected chi connectivity index (χ4v) is 11.7. The van der Waals surface area contributed by atoms with Gasteiger partial charge < -0.3 is 14.2 Å². The molecule has 3 aliphatic rings. The van der Waals surface area contributed by atoms with Gasteiger partial charge in [0.05, 0.1) is 11.4 Å². The predicted octanol–water partition coefficient (Wildman–Crippen LogP) is 15.2. The van der Waals surface area contributed by atoms with Crippen LogP contribution in [0.25, 0.3) is 55.2 Å². The van der Waals surface area contributed by atoms with Gasteiger partial charge in [0.15, 0.2) is 11.5 Å². The van der Waals surface area contributed by atoms with Gasteiger partial charge in [-0.1, -0.05) is 141 Å².